The second kappa shape index (κ2) is 7.56. The molecule has 0 saturated heterocycles. The molecule has 0 aliphatic carbocycles. The van der Waals surface area contributed by atoms with E-state index in [0.717, 1.165) is 29.1 Å². The summed E-state index contributed by atoms with van der Waals surface area (Å²) >= 11 is 0. The van der Waals surface area contributed by atoms with E-state index in [1.165, 1.54) is 12.1 Å². The Morgan fingerprint density at radius 3 is 2.31 bits per heavy atom. The lowest BCUT2D eigenvalue weighted by molar-refractivity contribution is 0.483. The highest BCUT2D eigenvalue weighted by molar-refractivity contribution is 7.85. The van der Waals surface area contributed by atoms with Gasteiger partial charge in [0.05, 0.1) is 4.90 Å². The van der Waals surface area contributed by atoms with Crippen molar-refractivity contribution in [2.24, 2.45) is 5.73 Å². The van der Waals surface area contributed by atoms with Crippen molar-refractivity contribution in [2.75, 3.05) is 6.54 Å². The smallest absolute Gasteiger partial charge is 0.294 e. The normalized spacial score (nSPS) is 12.1. The van der Waals surface area contributed by atoms with Crippen molar-refractivity contribution >= 4 is 15.8 Å². The molecule has 3 aromatic rings. The average molecular weight is 379 g/mol. The second-order valence-corrected chi connectivity index (χ2v) is 8.48. The van der Waals surface area contributed by atoms with Crippen LogP contribution in [-0.2, 0) is 22.0 Å². The van der Waals surface area contributed by atoms with Crippen molar-refractivity contribution < 1.29 is 13.0 Å². The van der Waals surface area contributed by atoms with Crippen LogP contribution in [-0.4, -0.2) is 39.3 Å². The molecule has 142 valence electrons. The Balaban J connectivity index is 0.000000197. The third-order valence-corrected chi connectivity index (χ3v) is 4.62. The first kappa shape index (κ1) is 20.1. The van der Waals surface area contributed by atoms with Crippen LogP contribution in [0.1, 0.15) is 37.9 Å². The zero-order valence-electron chi connectivity index (χ0n) is 15.4. The van der Waals surface area contributed by atoms with E-state index in [2.05, 4.69) is 36.1 Å². The van der Waals surface area contributed by atoms with E-state index < -0.39 is 10.1 Å². The molecule has 2 heterocycles. The Morgan fingerprint density at radius 1 is 1.19 bits per heavy atom. The molecular formula is C17H25N5O3S. The van der Waals surface area contributed by atoms with E-state index in [9.17, 15) is 8.42 Å². The lowest BCUT2D eigenvalue weighted by Crippen LogP contribution is -2.13. The van der Waals surface area contributed by atoms with Crippen LogP contribution in [0, 0.1) is 6.92 Å². The molecule has 0 atom stereocenters. The van der Waals surface area contributed by atoms with Gasteiger partial charge < -0.3 is 5.73 Å². The molecule has 0 spiro atoms. The van der Waals surface area contributed by atoms with Crippen LogP contribution in [0.3, 0.4) is 0 Å². The molecule has 0 radical (unpaired) electrons. The number of nitrogens with zero attached hydrogens (tertiary/aromatic N) is 3. The number of H-pyrrole nitrogens is 1. The van der Waals surface area contributed by atoms with Crippen LogP contribution < -0.4 is 5.73 Å². The number of nitrogens with one attached hydrogen (secondary N) is 1. The predicted octanol–water partition coefficient (Wildman–Crippen LogP) is 2.10. The first-order chi connectivity index (χ1) is 12.0. The summed E-state index contributed by atoms with van der Waals surface area (Å²) in [6.45, 7) is 8.91. The Bertz CT molecular complexity index is 966. The molecule has 4 N–H and O–H groups in total. The fraction of sp³-hybridized carbons (Fsp3) is 0.412. The number of rotatable bonds is 3. The highest BCUT2D eigenvalue weighted by atomic mass is 32.2. The number of aromatic amines is 1. The number of nitrogens with two attached hydrogens (primary N) is 1. The molecule has 0 saturated carbocycles. The summed E-state index contributed by atoms with van der Waals surface area (Å²) in [5.74, 6) is 0.892. The van der Waals surface area contributed by atoms with Gasteiger partial charge in [-0.05, 0) is 25.6 Å². The van der Waals surface area contributed by atoms with Crippen LogP contribution in [0.15, 0.2) is 35.2 Å². The molecule has 1 aromatic carbocycles. The van der Waals surface area contributed by atoms with Crippen LogP contribution in [0.5, 0.6) is 0 Å². The summed E-state index contributed by atoms with van der Waals surface area (Å²) in [7, 11) is -4.02. The van der Waals surface area contributed by atoms with E-state index >= 15 is 0 Å². The summed E-state index contributed by atoms with van der Waals surface area (Å²) < 4.78 is 31.5. The molecule has 26 heavy (non-hydrogen) atoms. The number of aryl methyl sites for hydroxylation is 1. The molecule has 3 rings (SSSR count). The highest BCUT2D eigenvalue weighted by Gasteiger charge is 2.18. The van der Waals surface area contributed by atoms with Crippen LogP contribution >= 0.6 is 0 Å². The van der Waals surface area contributed by atoms with Gasteiger partial charge in [0, 0.05) is 23.6 Å². The van der Waals surface area contributed by atoms with Gasteiger partial charge >= 0.3 is 0 Å². The summed E-state index contributed by atoms with van der Waals surface area (Å²) in [5, 5.41) is 11.5. The molecule has 0 fully saturated rings. The van der Waals surface area contributed by atoms with E-state index in [0.29, 0.717) is 6.54 Å². The number of fused-ring (bicyclic) bond motifs is 1. The van der Waals surface area contributed by atoms with Crippen LogP contribution in [0.4, 0.5) is 0 Å². The Hall–Kier alpha value is -2.23. The molecule has 2 aromatic heterocycles. The van der Waals surface area contributed by atoms with Gasteiger partial charge in [-0.15, -0.1) is 10.2 Å². The number of hydrogen-bond acceptors (Lipinski definition) is 5. The van der Waals surface area contributed by atoms with Crippen molar-refractivity contribution in [1.29, 1.82) is 0 Å². The van der Waals surface area contributed by atoms with Gasteiger partial charge in [0.25, 0.3) is 10.1 Å². The number of benzene rings is 1. The minimum Gasteiger partial charge on any atom is -0.330 e. The van der Waals surface area contributed by atoms with Crippen LogP contribution in [0.2, 0.25) is 0 Å². The zero-order chi connectivity index (χ0) is 19.5. The topological polar surface area (TPSA) is 126 Å². The Morgan fingerprint density at radius 2 is 1.81 bits per heavy atom. The van der Waals surface area contributed by atoms with E-state index in [1.54, 1.807) is 12.1 Å². The van der Waals surface area contributed by atoms with Crippen LogP contribution in [0.25, 0.3) is 5.65 Å². The van der Waals surface area contributed by atoms with Gasteiger partial charge in [-0.1, -0.05) is 38.5 Å². The van der Waals surface area contributed by atoms with Gasteiger partial charge in [0.15, 0.2) is 11.5 Å². The molecular weight excluding hydrogens is 354 g/mol. The van der Waals surface area contributed by atoms with E-state index in [4.69, 9.17) is 10.3 Å². The zero-order valence-corrected chi connectivity index (χ0v) is 16.2. The monoisotopic (exact) mass is 379 g/mol. The fourth-order valence-corrected chi connectivity index (χ4v) is 2.69. The Labute approximate surface area is 153 Å². The third kappa shape index (κ3) is 4.90. The van der Waals surface area contributed by atoms with Crippen molar-refractivity contribution in [1.82, 2.24) is 19.8 Å². The molecule has 0 aliphatic rings. The lowest BCUT2D eigenvalue weighted by Gasteiger charge is -2.15. The molecule has 0 aliphatic heterocycles. The van der Waals surface area contributed by atoms with Crippen molar-refractivity contribution in [3.05, 3.63) is 47.4 Å². The molecule has 0 unspecified atom stereocenters. The first-order valence-corrected chi connectivity index (χ1v) is 9.64. The number of hydrogen-bond donors (Lipinski definition) is 3. The number of aromatic nitrogens is 4. The van der Waals surface area contributed by atoms with Gasteiger partial charge in [0.1, 0.15) is 0 Å². The first-order valence-electron chi connectivity index (χ1n) is 8.20. The fourth-order valence-electron chi connectivity index (χ4n) is 2.21. The van der Waals surface area contributed by atoms with Gasteiger partial charge in [-0.3, -0.25) is 9.65 Å². The molecule has 8 nitrogen and oxygen atoms in total. The summed E-state index contributed by atoms with van der Waals surface area (Å²) in [6.07, 6.45) is 0.741. The maximum atomic E-state index is 10.5. The standard InChI is InChI=1S/C10H17N5.C7H8O3S/c1-10(2,3)7-6-9-13-12-8(4-5-11)15(9)14-7;1-6-2-4-7(5-3-6)11(8,9)10/h6,14H,4-5,11H2,1-3H3;2-5H,1H3,(H,8,9,10). The van der Waals surface area contributed by atoms with Gasteiger partial charge in [0.2, 0.25) is 0 Å². The van der Waals surface area contributed by atoms with E-state index in [-0.39, 0.29) is 10.3 Å². The second-order valence-electron chi connectivity index (χ2n) is 7.06. The Kier molecular flexibility index (Phi) is 5.84. The summed E-state index contributed by atoms with van der Waals surface area (Å²) in [5.41, 5.74) is 8.58. The quantitative estimate of drug-likeness (QED) is 0.598. The highest BCUT2D eigenvalue weighted by Crippen LogP contribution is 2.21. The third-order valence-electron chi connectivity index (χ3n) is 3.76. The minimum absolute atomic E-state index is 0.0666. The molecule has 0 bridgehead atoms. The predicted molar refractivity (Wildman–Crippen MR) is 99.8 cm³/mol. The maximum Gasteiger partial charge on any atom is 0.294 e. The summed E-state index contributed by atoms with van der Waals surface area (Å²) in [4.78, 5) is -0.0666. The average Bonchev–Trinajstić information content (AvgIpc) is 3.09. The molecule has 9 heteroatoms. The SMILES string of the molecule is CC(C)(C)c1cc2nnc(CCN)n2[nH]1.Cc1ccc(S(=O)(=O)O)cc1. The van der Waals surface area contributed by atoms with Crippen molar-refractivity contribution in [3.8, 4) is 0 Å². The minimum atomic E-state index is -4.02. The van der Waals surface area contributed by atoms with Gasteiger partial charge in [-0.2, -0.15) is 8.42 Å². The van der Waals surface area contributed by atoms with Crippen molar-refractivity contribution in [3.63, 3.8) is 0 Å². The summed E-state index contributed by atoms with van der Waals surface area (Å²) in [6, 6.07) is 8.02. The van der Waals surface area contributed by atoms with Gasteiger partial charge in [-0.25, -0.2) is 4.52 Å². The van der Waals surface area contributed by atoms with E-state index in [1.807, 2.05) is 17.5 Å². The lowest BCUT2D eigenvalue weighted by atomic mass is 9.93. The largest absolute Gasteiger partial charge is 0.330 e. The molecule has 0 amide bonds. The maximum absolute atomic E-state index is 10.5. The van der Waals surface area contributed by atoms with Crippen molar-refractivity contribution in [2.45, 2.75) is 44.4 Å².